The van der Waals surface area contributed by atoms with Crippen molar-refractivity contribution in [2.24, 2.45) is 51.8 Å². The maximum absolute atomic E-state index is 12.6. The fourth-order valence-corrected chi connectivity index (χ4v) is 7.98. The second-order valence-electron chi connectivity index (χ2n) is 11.3. The van der Waals surface area contributed by atoms with Crippen LogP contribution in [-0.4, -0.2) is 33.2 Å². The SMILES string of the molecule is CC(C)C1=CC2(CCC3C(C)(C(=O)O)CCCC3(C)C2C)C(C(=O)O)C(C(=O)O)C1C. The fourth-order valence-electron chi connectivity index (χ4n) is 7.98. The molecule has 0 amide bonds. The van der Waals surface area contributed by atoms with E-state index in [1.54, 1.807) is 0 Å². The normalized spacial score (nSPS) is 45.1. The standard InChI is InChI=1S/C25H38O6/c1-13(2)16-12-25(19(21(28)29)18(14(16)3)20(26)27)11-8-17-23(5,15(25)4)9-7-10-24(17,6)22(30)31/h12-15,17-19H,7-11H2,1-6H3,(H,26,27)(H,28,29)(H,30,31). The van der Waals surface area contributed by atoms with Gasteiger partial charge in [-0.25, -0.2) is 0 Å². The average Bonchev–Trinajstić information content (AvgIpc) is 2.65. The summed E-state index contributed by atoms with van der Waals surface area (Å²) in [6.07, 6.45) is 5.50. The van der Waals surface area contributed by atoms with Crippen molar-refractivity contribution in [2.45, 2.75) is 73.6 Å². The summed E-state index contributed by atoms with van der Waals surface area (Å²) in [6, 6.07) is 0. The Morgan fingerprint density at radius 2 is 1.61 bits per heavy atom. The van der Waals surface area contributed by atoms with Gasteiger partial charge in [-0.05, 0) is 61.7 Å². The molecule has 0 aromatic heterocycles. The molecule has 0 heterocycles. The van der Waals surface area contributed by atoms with E-state index >= 15 is 0 Å². The van der Waals surface area contributed by atoms with Crippen molar-refractivity contribution in [3.05, 3.63) is 11.6 Å². The zero-order chi connectivity index (χ0) is 23.5. The van der Waals surface area contributed by atoms with Gasteiger partial charge in [0.25, 0.3) is 0 Å². The number of carbonyl (C=O) groups is 3. The Bertz CT molecular complexity index is 815. The van der Waals surface area contributed by atoms with Gasteiger partial charge in [-0.2, -0.15) is 0 Å². The molecule has 8 unspecified atom stereocenters. The van der Waals surface area contributed by atoms with E-state index in [4.69, 9.17) is 0 Å². The molecular formula is C25H38O6. The first-order valence-corrected chi connectivity index (χ1v) is 11.7. The quantitative estimate of drug-likeness (QED) is 0.541. The molecule has 3 N–H and O–H groups in total. The van der Waals surface area contributed by atoms with Gasteiger partial charge in [-0.15, -0.1) is 0 Å². The summed E-state index contributed by atoms with van der Waals surface area (Å²) in [7, 11) is 0. The lowest BCUT2D eigenvalue weighted by molar-refractivity contribution is -0.188. The molecule has 0 radical (unpaired) electrons. The molecule has 3 aliphatic rings. The summed E-state index contributed by atoms with van der Waals surface area (Å²) >= 11 is 0. The van der Waals surface area contributed by atoms with Crippen molar-refractivity contribution < 1.29 is 29.7 Å². The molecule has 6 heteroatoms. The minimum Gasteiger partial charge on any atom is -0.481 e. The molecule has 6 nitrogen and oxygen atoms in total. The summed E-state index contributed by atoms with van der Waals surface area (Å²) in [4.78, 5) is 37.3. The van der Waals surface area contributed by atoms with Crippen LogP contribution in [-0.2, 0) is 14.4 Å². The van der Waals surface area contributed by atoms with Crippen LogP contribution in [0.3, 0.4) is 0 Å². The molecule has 0 saturated heterocycles. The molecule has 2 saturated carbocycles. The second kappa shape index (κ2) is 7.63. The highest BCUT2D eigenvalue weighted by atomic mass is 16.4. The molecule has 8 atom stereocenters. The smallest absolute Gasteiger partial charge is 0.309 e. The van der Waals surface area contributed by atoms with Crippen molar-refractivity contribution in [1.82, 2.24) is 0 Å². The van der Waals surface area contributed by atoms with Crippen LogP contribution in [0.5, 0.6) is 0 Å². The first-order valence-electron chi connectivity index (χ1n) is 11.7. The molecule has 0 aromatic carbocycles. The number of carboxylic acids is 3. The van der Waals surface area contributed by atoms with Crippen LogP contribution in [0.25, 0.3) is 0 Å². The minimum absolute atomic E-state index is 0.0557. The van der Waals surface area contributed by atoms with Gasteiger partial charge in [0.15, 0.2) is 0 Å². The van der Waals surface area contributed by atoms with E-state index in [0.717, 1.165) is 18.4 Å². The van der Waals surface area contributed by atoms with Crippen LogP contribution in [0.4, 0.5) is 0 Å². The van der Waals surface area contributed by atoms with E-state index in [1.165, 1.54) is 0 Å². The molecule has 3 aliphatic carbocycles. The van der Waals surface area contributed by atoms with E-state index in [0.29, 0.717) is 19.3 Å². The number of rotatable bonds is 4. The van der Waals surface area contributed by atoms with Gasteiger partial charge < -0.3 is 15.3 Å². The summed E-state index contributed by atoms with van der Waals surface area (Å²) in [6.45, 7) is 11.9. The van der Waals surface area contributed by atoms with Crippen molar-refractivity contribution in [3.63, 3.8) is 0 Å². The molecule has 2 fully saturated rings. The lowest BCUT2D eigenvalue weighted by atomic mass is 9.39. The van der Waals surface area contributed by atoms with Crippen molar-refractivity contribution in [3.8, 4) is 0 Å². The van der Waals surface area contributed by atoms with E-state index in [9.17, 15) is 29.7 Å². The topological polar surface area (TPSA) is 112 Å². The molecule has 174 valence electrons. The second-order valence-corrected chi connectivity index (χ2v) is 11.3. The van der Waals surface area contributed by atoms with Crippen LogP contribution >= 0.6 is 0 Å². The Morgan fingerprint density at radius 1 is 1.00 bits per heavy atom. The van der Waals surface area contributed by atoms with Crippen LogP contribution < -0.4 is 0 Å². The number of carboxylic acid groups (broad SMARTS) is 3. The number of hydrogen-bond donors (Lipinski definition) is 3. The van der Waals surface area contributed by atoms with Gasteiger partial charge in [-0.1, -0.05) is 52.7 Å². The number of aliphatic carboxylic acids is 3. The third kappa shape index (κ3) is 3.23. The van der Waals surface area contributed by atoms with Gasteiger partial charge >= 0.3 is 17.9 Å². The summed E-state index contributed by atoms with van der Waals surface area (Å²) in [5, 5.41) is 30.5. The maximum atomic E-state index is 12.6. The molecule has 0 aliphatic heterocycles. The zero-order valence-electron chi connectivity index (χ0n) is 19.6. The van der Waals surface area contributed by atoms with Gasteiger partial charge in [0, 0.05) is 5.41 Å². The molecule has 31 heavy (non-hydrogen) atoms. The highest BCUT2D eigenvalue weighted by molar-refractivity contribution is 5.82. The molecular weight excluding hydrogens is 396 g/mol. The van der Waals surface area contributed by atoms with E-state index in [-0.39, 0.29) is 29.1 Å². The largest absolute Gasteiger partial charge is 0.481 e. The van der Waals surface area contributed by atoms with Crippen LogP contribution in [0, 0.1) is 51.8 Å². The Labute approximate surface area is 185 Å². The first kappa shape index (κ1) is 23.8. The first-order chi connectivity index (χ1) is 14.2. The number of hydrogen-bond acceptors (Lipinski definition) is 3. The zero-order valence-corrected chi connectivity index (χ0v) is 19.6. The van der Waals surface area contributed by atoms with Crippen LogP contribution in [0.2, 0.25) is 0 Å². The van der Waals surface area contributed by atoms with Gasteiger partial charge in [-0.3, -0.25) is 14.4 Å². The molecule has 0 bridgehead atoms. The lowest BCUT2D eigenvalue weighted by Crippen LogP contribution is -2.62. The Hall–Kier alpha value is -1.85. The average molecular weight is 435 g/mol. The third-order valence-corrected chi connectivity index (χ3v) is 9.78. The summed E-state index contributed by atoms with van der Waals surface area (Å²) in [5.74, 6) is -5.31. The molecule has 0 aromatic rings. The summed E-state index contributed by atoms with van der Waals surface area (Å²) < 4.78 is 0. The van der Waals surface area contributed by atoms with Gasteiger partial charge in [0.1, 0.15) is 0 Å². The monoisotopic (exact) mass is 434 g/mol. The maximum Gasteiger partial charge on any atom is 0.309 e. The lowest BCUT2D eigenvalue weighted by Gasteiger charge is -2.64. The van der Waals surface area contributed by atoms with Crippen molar-refractivity contribution in [2.75, 3.05) is 0 Å². The molecule has 1 spiro atoms. The van der Waals surface area contributed by atoms with Gasteiger partial charge in [0.05, 0.1) is 17.3 Å². The summed E-state index contributed by atoms with van der Waals surface area (Å²) in [5.41, 5.74) is -0.960. The highest BCUT2D eigenvalue weighted by Crippen LogP contribution is 2.68. The predicted molar refractivity (Wildman–Crippen MR) is 116 cm³/mol. The van der Waals surface area contributed by atoms with E-state index in [2.05, 4.69) is 19.9 Å². The minimum atomic E-state index is -1.05. The van der Waals surface area contributed by atoms with Gasteiger partial charge in [0.2, 0.25) is 0 Å². The van der Waals surface area contributed by atoms with Crippen molar-refractivity contribution >= 4 is 17.9 Å². The third-order valence-electron chi connectivity index (χ3n) is 9.78. The van der Waals surface area contributed by atoms with E-state index in [1.807, 2.05) is 27.7 Å². The highest BCUT2D eigenvalue weighted by Gasteiger charge is 2.66. The van der Waals surface area contributed by atoms with Crippen LogP contribution in [0.1, 0.15) is 73.6 Å². The fraction of sp³-hybridized carbons (Fsp3) is 0.800. The Morgan fingerprint density at radius 3 is 2.10 bits per heavy atom. The Kier molecular flexibility index (Phi) is 5.86. The van der Waals surface area contributed by atoms with Crippen molar-refractivity contribution in [1.29, 1.82) is 0 Å². The van der Waals surface area contributed by atoms with E-state index < -0.39 is 40.6 Å². The number of allylic oxidation sites excluding steroid dienone is 2. The Balaban J connectivity index is 2.22. The molecule has 3 rings (SSSR count). The van der Waals surface area contributed by atoms with Crippen LogP contribution in [0.15, 0.2) is 11.6 Å². The predicted octanol–water partition coefficient (Wildman–Crippen LogP) is 4.93. The number of fused-ring (bicyclic) bond motifs is 1.